The third-order valence-electron chi connectivity index (χ3n) is 5.20. The van der Waals surface area contributed by atoms with Crippen LogP contribution >= 0.6 is 15.9 Å². The molecular weight excluding hydrogens is 462 g/mol. The maximum atomic E-state index is 13.1. The standard InChI is InChI=1S/C20H18BrNO6S/c1-28-16-4-3-14(21)9-17(16)29(26,27)10-12-7-13(20(11-22)5-2-6-20)8-15(18(12)23)19(24)25/h3-4,7-9,23H,2,5-6,10H2,1H3,(H,24,25). The molecule has 7 nitrogen and oxygen atoms in total. The van der Waals surface area contributed by atoms with Gasteiger partial charge in [-0.1, -0.05) is 15.9 Å². The number of rotatable bonds is 6. The minimum absolute atomic E-state index is 0.0662. The van der Waals surface area contributed by atoms with Crippen LogP contribution in [0.2, 0.25) is 0 Å². The summed E-state index contributed by atoms with van der Waals surface area (Å²) < 4.78 is 31.8. The Bertz CT molecular complexity index is 1130. The predicted molar refractivity (Wildman–Crippen MR) is 108 cm³/mol. The number of aromatic hydroxyl groups is 1. The van der Waals surface area contributed by atoms with E-state index in [0.717, 1.165) is 6.42 Å². The van der Waals surface area contributed by atoms with E-state index in [1.165, 1.54) is 31.4 Å². The number of nitrogens with zero attached hydrogens (tertiary/aromatic N) is 1. The van der Waals surface area contributed by atoms with Crippen LogP contribution in [0.1, 0.15) is 40.7 Å². The zero-order valence-corrected chi connectivity index (χ0v) is 17.9. The molecule has 9 heteroatoms. The van der Waals surface area contributed by atoms with Gasteiger partial charge in [-0.2, -0.15) is 5.26 Å². The molecule has 0 heterocycles. The highest BCUT2D eigenvalue weighted by atomic mass is 79.9. The van der Waals surface area contributed by atoms with E-state index in [1.54, 1.807) is 6.07 Å². The van der Waals surface area contributed by atoms with Gasteiger partial charge >= 0.3 is 5.97 Å². The predicted octanol–water partition coefficient (Wildman–Crippen LogP) is 3.78. The molecule has 29 heavy (non-hydrogen) atoms. The van der Waals surface area contributed by atoms with Crippen LogP contribution in [0.5, 0.6) is 11.5 Å². The number of carbonyl (C=O) groups is 1. The zero-order chi connectivity index (χ0) is 21.4. The molecule has 1 fully saturated rings. The minimum Gasteiger partial charge on any atom is -0.507 e. The van der Waals surface area contributed by atoms with Crippen LogP contribution in [-0.4, -0.2) is 31.7 Å². The van der Waals surface area contributed by atoms with Gasteiger partial charge in [-0.3, -0.25) is 0 Å². The van der Waals surface area contributed by atoms with Gasteiger partial charge in [0.1, 0.15) is 22.0 Å². The second-order valence-corrected chi connectivity index (χ2v) is 9.81. The lowest BCUT2D eigenvalue weighted by molar-refractivity contribution is 0.0693. The largest absolute Gasteiger partial charge is 0.507 e. The van der Waals surface area contributed by atoms with Crippen LogP contribution in [0.4, 0.5) is 0 Å². The Morgan fingerprint density at radius 3 is 2.52 bits per heavy atom. The number of ether oxygens (including phenoxy) is 1. The van der Waals surface area contributed by atoms with E-state index in [4.69, 9.17) is 4.74 Å². The molecule has 0 spiro atoms. The number of carboxylic acid groups (broad SMARTS) is 1. The van der Waals surface area contributed by atoms with Gasteiger partial charge in [0.05, 0.1) is 24.3 Å². The second-order valence-electron chi connectivity index (χ2n) is 6.94. The number of aromatic carboxylic acids is 1. The number of benzene rings is 2. The monoisotopic (exact) mass is 479 g/mol. The normalized spacial score (nSPS) is 15.2. The van der Waals surface area contributed by atoms with Crippen molar-refractivity contribution in [3.63, 3.8) is 0 Å². The summed E-state index contributed by atoms with van der Waals surface area (Å²) in [6.45, 7) is 0. The van der Waals surface area contributed by atoms with Crippen molar-refractivity contribution in [3.8, 4) is 17.6 Å². The summed E-state index contributed by atoms with van der Waals surface area (Å²) in [5.74, 6) is -2.52. The molecule has 0 amide bonds. The quantitative estimate of drug-likeness (QED) is 0.645. The van der Waals surface area contributed by atoms with E-state index in [-0.39, 0.29) is 16.2 Å². The lowest BCUT2D eigenvalue weighted by Crippen LogP contribution is -2.32. The van der Waals surface area contributed by atoms with Gasteiger partial charge in [0, 0.05) is 10.0 Å². The smallest absolute Gasteiger partial charge is 0.339 e. The Morgan fingerprint density at radius 2 is 2.00 bits per heavy atom. The first-order valence-corrected chi connectivity index (χ1v) is 11.2. The second kappa shape index (κ2) is 7.69. The molecule has 2 aromatic carbocycles. The highest BCUT2D eigenvalue weighted by molar-refractivity contribution is 9.10. The minimum atomic E-state index is -3.99. The number of methoxy groups -OCH3 is 1. The molecular formula is C20H18BrNO6S. The van der Waals surface area contributed by atoms with Crippen molar-refractivity contribution in [1.82, 2.24) is 0 Å². The number of phenols is 1. The molecule has 2 aromatic rings. The van der Waals surface area contributed by atoms with Gasteiger partial charge < -0.3 is 14.9 Å². The molecule has 0 aliphatic heterocycles. The molecule has 0 saturated heterocycles. The van der Waals surface area contributed by atoms with Crippen LogP contribution in [0.15, 0.2) is 39.7 Å². The van der Waals surface area contributed by atoms with Crippen molar-refractivity contribution in [2.75, 3.05) is 7.11 Å². The fourth-order valence-corrected chi connectivity index (χ4v) is 5.48. The van der Waals surface area contributed by atoms with E-state index in [9.17, 15) is 28.7 Å². The van der Waals surface area contributed by atoms with E-state index in [1.807, 2.05) is 0 Å². The number of carboxylic acids is 1. The Hall–Kier alpha value is -2.57. The Labute approximate surface area is 176 Å². The van der Waals surface area contributed by atoms with Gasteiger partial charge in [0.15, 0.2) is 9.84 Å². The zero-order valence-electron chi connectivity index (χ0n) is 15.5. The molecule has 1 aliphatic rings. The van der Waals surface area contributed by atoms with E-state index in [2.05, 4.69) is 22.0 Å². The summed E-state index contributed by atoms with van der Waals surface area (Å²) in [7, 11) is -2.65. The number of hydrogen-bond donors (Lipinski definition) is 2. The summed E-state index contributed by atoms with van der Waals surface area (Å²) >= 11 is 3.23. The molecule has 0 atom stereocenters. The number of sulfone groups is 1. The van der Waals surface area contributed by atoms with Crippen molar-refractivity contribution < 1.29 is 28.2 Å². The van der Waals surface area contributed by atoms with Crippen molar-refractivity contribution >= 4 is 31.7 Å². The van der Waals surface area contributed by atoms with Crippen LogP contribution in [-0.2, 0) is 21.0 Å². The fourth-order valence-electron chi connectivity index (χ4n) is 3.42. The first kappa shape index (κ1) is 21.1. The van der Waals surface area contributed by atoms with E-state index in [0.29, 0.717) is 22.9 Å². The molecule has 0 radical (unpaired) electrons. The topological polar surface area (TPSA) is 125 Å². The highest BCUT2D eigenvalue weighted by Gasteiger charge is 2.40. The lowest BCUT2D eigenvalue weighted by atomic mass is 9.65. The van der Waals surface area contributed by atoms with Gasteiger partial charge in [-0.25, -0.2) is 13.2 Å². The Balaban J connectivity index is 2.14. The van der Waals surface area contributed by atoms with Gasteiger partial charge in [0.2, 0.25) is 0 Å². The van der Waals surface area contributed by atoms with Gasteiger partial charge in [0.25, 0.3) is 0 Å². The summed E-state index contributed by atoms with van der Waals surface area (Å²) in [6, 6.07) is 9.41. The summed E-state index contributed by atoms with van der Waals surface area (Å²) in [4.78, 5) is 11.5. The van der Waals surface area contributed by atoms with E-state index < -0.39 is 38.3 Å². The molecule has 3 rings (SSSR count). The number of nitriles is 1. The van der Waals surface area contributed by atoms with Crippen molar-refractivity contribution in [2.45, 2.75) is 35.3 Å². The van der Waals surface area contributed by atoms with E-state index >= 15 is 0 Å². The average Bonchev–Trinajstić information content (AvgIpc) is 2.63. The summed E-state index contributed by atoms with van der Waals surface area (Å²) in [5.41, 5.74) is -0.934. The molecule has 1 saturated carbocycles. The van der Waals surface area contributed by atoms with Gasteiger partial charge in [-0.15, -0.1) is 0 Å². The first-order chi connectivity index (χ1) is 13.6. The first-order valence-electron chi connectivity index (χ1n) is 8.71. The lowest BCUT2D eigenvalue weighted by Gasteiger charge is -2.36. The average molecular weight is 480 g/mol. The van der Waals surface area contributed by atoms with Crippen LogP contribution < -0.4 is 4.74 Å². The molecule has 0 aromatic heterocycles. The van der Waals surface area contributed by atoms with Crippen LogP contribution in [0.3, 0.4) is 0 Å². The molecule has 152 valence electrons. The Kier molecular flexibility index (Phi) is 5.61. The molecule has 2 N–H and O–H groups in total. The van der Waals surface area contributed by atoms with Crippen LogP contribution in [0, 0.1) is 11.3 Å². The molecule has 1 aliphatic carbocycles. The fraction of sp³-hybridized carbons (Fsp3) is 0.300. The maximum Gasteiger partial charge on any atom is 0.339 e. The van der Waals surface area contributed by atoms with Crippen LogP contribution in [0.25, 0.3) is 0 Å². The number of hydrogen-bond acceptors (Lipinski definition) is 6. The number of halogens is 1. The van der Waals surface area contributed by atoms with Gasteiger partial charge in [-0.05, 0) is 55.2 Å². The molecule has 0 unspecified atom stereocenters. The van der Waals surface area contributed by atoms with Crippen molar-refractivity contribution in [2.24, 2.45) is 0 Å². The maximum absolute atomic E-state index is 13.1. The summed E-state index contributed by atoms with van der Waals surface area (Å²) in [5, 5.41) is 29.5. The Morgan fingerprint density at radius 1 is 1.31 bits per heavy atom. The molecule has 0 bridgehead atoms. The van der Waals surface area contributed by atoms with Crippen molar-refractivity contribution in [3.05, 3.63) is 51.5 Å². The highest BCUT2D eigenvalue weighted by Crippen LogP contribution is 2.45. The third-order valence-corrected chi connectivity index (χ3v) is 7.37. The van der Waals surface area contributed by atoms with Crippen molar-refractivity contribution in [1.29, 1.82) is 5.26 Å². The SMILES string of the molecule is COc1ccc(Br)cc1S(=O)(=O)Cc1cc(C2(C#N)CCC2)cc(C(=O)O)c1O. The third kappa shape index (κ3) is 3.82. The summed E-state index contributed by atoms with van der Waals surface area (Å²) in [6.07, 6.45) is 1.93.